The Bertz CT molecular complexity index is 1200. The third-order valence-corrected chi connectivity index (χ3v) is 5.62. The number of carbonyl (C=O) groups excluding carboxylic acids is 1. The van der Waals surface area contributed by atoms with Crippen molar-refractivity contribution < 1.29 is 37.3 Å². The van der Waals surface area contributed by atoms with E-state index in [4.69, 9.17) is 9.47 Å². The van der Waals surface area contributed by atoms with Crippen molar-refractivity contribution in [1.82, 2.24) is 4.90 Å². The van der Waals surface area contributed by atoms with Gasteiger partial charge in [0.05, 0.1) is 19.1 Å². The molecule has 36 heavy (non-hydrogen) atoms. The number of benzene rings is 3. The monoisotopic (exact) mass is 501 g/mol. The number of alkyl halides is 3. The second-order valence-electron chi connectivity index (χ2n) is 7.95. The zero-order valence-electron chi connectivity index (χ0n) is 19.8. The van der Waals surface area contributed by atoms with Crippen LogP contribution in [0, 0.1) is 0 Å². The highest BCUT2D eigenvalue weighted by atomic mass is 19.4. The highest BCUT2D eigenvalue weighted by molar-refractivity contribution is 5.80. The second kappa shape index (κ2) is 11.6. The van der Waals surface area contributed by atoms with Crippen LogP contribution in [0.25, 0.3) is 11.1 Å². The number of halogens is 3. The minimum absolute atomic E-state index is 0.0700. The van der Waals surface area contributed by atoms with Crippen molar-refractivity contribution in [2.75, 3.05) is 13.7 Å². The van der Waals surface area contributed by atoms with E-state index in [0.29, 0.717) is 12.1 Å². The zero-order valence-corrected chi connectivity index (χ0v) is 19.8. The van der Waals surface area contributed by atoms with Gasteiger partial charge in [0.25, 0.3) is 0 Å². The van der Waals surface area contributed by atoms with Crippen LogP contribution in [0.4, 0.5) is 18.0 Å². The van der Waals surface area contributed by atoms with Gasteiger partial charge in [-0.05, 0) is 29.7 Å². The van der Waals surface area contributed by atoms with E-state index in [0.717, 1.165) is 11.6 Å². The summed E-state index contributed by atoms with van der Waals surface area (Å²) in [5.41, 5.74) is -0.107. The Morgan fingerprint density at radius 1 is 0.972 bits per heavy atom. The third-order valence-electron chi connectivity index (χ3n) is 5.62. The SMILES string of the molecule is CCN(Cc1ccccc1)C(=O)OCc1c(CC(=O)O)c(C(F)(F)F)cc(OC)c1-c1ccccc1. The average molecular weight is 502 g/mol. The van der Waals surface area contributed by atoms with Crippen molar-refractivity contribution in [2.24, 2.45) is 0 Å². The van der Waals surface area contributed by atoms with Crippen LogP contribution in [-0.2, 0) is 35.3 Å². The summed E-state index contributed by atoms with van der Waals surface area (Å²) < 4.78 is 52.7. The van der Waals surface area contributed by atoms with E-state index in [2.05, 4.69) is 0 Å². The summed E-state index contributed by atoms with van der Waals surface area (Å²) in [6.45, 7) is 1.72. The van der Waals surface area contributed by atoms with Gasteiger partial charge in [0.15, 0.2) is 0 Å². The summed E-state index contributed by atoms with van der Waals surface area (Å²) in [6.07, 6.45) is -6.50. The van der Waals surface area contributed by atoms with E-state index >= 15 is 0 Å². The number of carboxylic acid groups (broad SMARTS) is 1. The molecule has 190 valence electrons. The van der Waals surface area contributed by atoms with Crippen molar-refractivity contribution in [1.29, 1.82) is 0 Å². The molecule has 0 atom stereocenters. The van der Waals surface area contributed by atoms with Gasteiger partial charge in [-0.3, -0.25) is 4.79 Å². The third kappa shape index (κ3) is 6.35. The van der Waals surface area contributed by atoms with Crippen molar-refractivity contribution in [3.05, 3.63) is 89.0 Å². The first-order chi connectivity index (χ1) is 17.2. The van der Waals surface area contributed by atoms with E-state index in [9.17, 15) is 27.9 Å². The molecule has 0 radical (unpaired) electrons. The molecule has 0 unspecified atom stereocenters. The number of carbonyl (C=O) groups is 2. The fraction of sp³-hybridized carbons (Fsp3) is 0.259. The zero-order chi connectivity index (χ0) is 26.3. The summed E-state index contributed by atoms with van der Waals surface area (Å²) in [4.78, 5) is 25.9. The first-order valence-electron chi connectivity index (χ1n) is 11.2. The maximum absolute atomic E-state index is 14.0. The lowest BCUT2D eigenvalue weighted by Crippen LogP contribution is -2.31. The van der Waals surface area contributed by atoms with Gasteiger partial charge in [-0.2, -0.15) is 13.2 Å². The van der Waals surface area contributed by atoms with Crippen molar-refractivity contribution in [3.63, 3.8) is 0 Å². The largest absolute Gasteiger partial charge is 0.496 e. The van der Waals surface area contributed by atoms with E-state index in [-0.39, 0.29) is 23.4 Å². The second-order valence-corrected chi connectivity index (χ2v) is 7.95. The fourth-order valence-corrected chi connectivity index (χ4v) is 3.93. The number of rotatable bonds is 9. The first-order valence-corrected chi connectivity index (χ1v) is 11.2. The minimum Gasteiger partial charge on any atom is -0.496 e. The minimum atomic E-state index is -4.85. The summed E-state index contributed by atoms with van der Waals surface area (Å²) in [7, 11) is 1.23. The Hall–Kier alpha value is -4.01. The van der Waals surface area contributed by atoms with Gasteiger partial charge in [-0.15, -0.1) is 0 Å². The van der Waals surface area contributed by atoms with Gasteiger partial charge >= 0.3 is 18.2 Å². The Labute approximate surface area is 206 Å². The van der Waals surface area contributed by atoms with E-state index in [1.165, 1.54) is 12.0 Å². The average Bonchev–Trinajstić information content (AvgIpc) is 2.86. The molecule has 3 aromatic carbocycles. The van der Waals surface area contributed by atoms with Crippen LogP contribution < -0.4 is 4.74 Å². The summed E-state index contributed by atoms with van der Waals surface area (Å²) in [5, 5.41) is 9.42. The van der Waals surface area contributed by atoms with Crippen LogP contribution in [0.15, 0.2) is 66.7 Å². The normalized spacial score (nSPS) is 11.1. The number of hydrogen-bond donors (Lipinski definition) is 1. The highest BCUT2D eigenvalue weighted by Gasteiger charge is 2.37. The van der Waals surface area contributed by atoms with Crippen LogP contribution in [-0.4, -0.2) is 35.7 Å². The van der Waals surface area contributed by atoms with Crippen molar-refractivity contribution in [2.45, 2.75) is 32.7 Å². The lowest BCUT2D eigenvalue weighted by atomic mass is 9.89. The smallest absolute Gasteiger partial charge is 0.416 e. The van der Waals surface area contributed by atoms with Gasteiger partial charge < -0.3 is 19.5 Å². The number of hydrogen-bond acceptors (Lipinski definition) is 4. The number of nitrogens with zero attached hydrogens (tertiary/aromatic N) is 1. The molecular weight excluding hydrogens is 475 g/mol. The maximum Gasteiger partial charge on any atom is 0.416 e. The fourth-order valence-electron chi connectivity index (χ4n) is 3.93. The van der Waals surface area contributed by atoms with Crippen molar-refractivity contribution >= 4 is 12.1 Å². The van der Waals surface area contributed by atoms with Gasteiger partial charge in [0.1, 0.15) is 12.4 Å². The molecule has 3 rings (SSSR count). The Balaban J connectivity index is 2.08. The Kier molecular flexibility index (Phi) is 8.58. The Morgan fingerprint density at radius 2 is 1.58 bits per heavy atom. The van der Waals surface area contributed by atoms with Crippen LogP contribution in [0.3, 0.4) is 0 Å². The molecule has 0 aromatic heterocycles. The molecule has 0 heterocycles. The summed E-state index contributed by atoms with van der Waals surface area (Å²) >= 11 is 0. The van der Waals surface area contributed by atoms with E-state index < -0.39 is 42.4 Å². The molecule has 0 aliphatic carbocycles. The highest BCUT2D eigenvalue weighted by Crippen LogP contribution is 2.43. The molecule has 0 aliphatic rings. The quantitative estimate of drug-likeness (QED) is 0.380. The van der Waals surface area contributed by atoms with Gasteiger partial charge in [0.2, 0.25) is 0 Å². The first kappa shape index (κ1) is 26.6. The molecule has 0 bridgehead atoms. The standard InChI is InChI=1S/C27H26F3NO5/c1-3-31(16-18-10-6-4-7-11-18)26(34)36-17-21-20(14-24(32)33)22(27(28,29)30)15-23(35-2)25(21)19-12-8-5-9-13-19/h4-13,15H,3,14,16-17H2,1-2H3,(H,32,33). The molecule has 6 nitrogen and oxygen atoms in total. The van der Waals surface area contributed by atoms with Gasteiger partial charge in [0, 0.05) is 24.2 Å². The van der Waals surface area contributed by atoms with E-state index in [1.807, 2.05) is 30.3 Å². The van der Waals surface area contributed by atoms with Crippen LogP contribution in [0.1, 0.15) is 29.2 Å². The predicted molar refractivity (Wildman–Crippen MR) is 127 cm³/mol. The molecule has 0 spiro atoms. The molecule has 9 heteroatoms. The lowest BCUT2D eigenvalue weighted by Gasteiger charge is -2.24. The van der Waals surface area contributed by atoms with Crippen LogP contribution in [0.5, 0.6) is 5.75 Å². The number of amides is 1. The maximum atomic E-state index is 14.0. The molecule has 0 saturated heterocycles. The molecule has 0 fully saturated rings. The number of methoxy groups -OCH3 is 1. The van der Waals surface area contributed by atoms with Crippen molar-refractivity contribution in [3.8, 4) is 16.9 Å². The summed E-state index contributed by atoms with van der Waals surface area (Å²) in [5.74, 6) is -1.55. The Morgan fingerprint density at radius 3 is 2.11 bits per heavy atom. The lowest BCUT2D eigenvalue weighted by molar-refractivity contribution is -0.139. The number of carboxylic acids is 1. The van der Waals surface area contributed by atoms with Gasteiger partial charge in [-0.1, -0.05) is 60.7 Å². The molecule has 1 N–H and O–H groups in total. The number of ether oxygens (including phenoxy) is 2. The molecule has 3 aromatic rings. The molecular formula is C27H26F3NO5. The van der Waals surface area contributed by atoms with E-state index in [1.54, 1.807) is 37.3 Å². The molecule has 0 saturated carbocycles. The van der Waals surface area contributed by atoms with Crippen LogP contribution >= 0.6 is 0 Å². The van der Waals surface area contributed by atoms with Gasteiger partial charge in [-0.25, -0.2) is 4.79 Å². The topological polar surface area (TPSA) is 76.1 Å². The van der Waals surface area contributed by atoms with Crippen LogP contribution in [0.2, 0.25) is 0 Å². The molecule has 0 aliphatic heterocycles. The predicted octanol–water partition coefficient (Wildman–Crippen LogP) is 6.17. The number of aliphatic carboxylic acids is 1. The molecule has 1 amide bonds. The summed E-state index contributed by atoms with van der Waals surface area (Å²) in [6, 6.07) is 18.4.